The molecule has 0 heterocycles. The van der Waals surface area contributed by atoms with Crippen LogP contribution in [0.3, 0.4) is 0 Å². The molecule has 344 valence electrons. The highest BCUT2D eigenvalue weighted by molar-refractivity contribution is 7.88. The zero-order chi connectivity index (χ0) is 46.7. The molecular weight excluding hydrogens is 903 g/mol. The fourth-order valence-electron chi connectivity index (χ4n) is 5.68. The topological polar surface area (TPSA) is 43.4 Å². The van der Waals surface area contributed by atoms with E-state index >= 15 is 0 Å². The summed E-state index contributed by atoms with van der Waals surface area (Å²) in [7, 11) is -5.78. The lowest BCUT2D eigenvalue weighted by Crippen LogP contribution is -2.28. The molecule has 0 spiro atoms. The molecule has 3 nitrogen and oxygen atoms in total. The Balaban J connectivity index is -0.000000184. The molecule has 0 fully saturated rings. The van der Waals surface area contributed by atoms with Gasteiger partial charge in [-0.3, -0.25) is 0 Å². The molecule has 0 aliphatic rings. The average Bonchev–Trinajstić information content (AvgIpc) is 3.25. The minimum Gasteiger partial charge on any atom is -0.374 e. The van der Waals surface area contributed by atoms with E-state index in [1.54, 1.807) is 13.0 Å². The maximum atomic E-state index is 12.3. The van der Waals surface area contributed by atoms with Crippen LogP contribution in [0.1, 0.15) is 132 Å². The minimum atomic E-state index is -5.78. The molecule has 4 rings (SSSR count). The van der Waals surface area contributed by atoms with Gasteiger partial charge in [0.15, 0.2) is 5.75 Å². The van der Waals surface area contributed by atoms with Gasteiger partial charge in [0.2, 0.25) is 0 Å². The van der Waals surface area contributed by atoms with Crippen molar-refractivity contribution in [3.8, 4) is 89.6 Å². The maximum absolute atomic E-state index is 12.3. The highest BCUT2D eigenvalue weighted by Crippen LogP contribution is 2.39. The summed E-state index contributed by atoms with van der Waals surface area (Å²) in [5, 5.41) is 4.16. The standard InChI is InChI=1S/C30H38Cl2.C12H7Cl2F3O3S.C10H2.8H2/c1-3-5-7-9-11-13-15-17-19-25-21-23-28-27(29(25)31)24-22-26(30(28)32)20-18-16-14-12-10-8-6-4-2;1-6-2-3-8-7(10(6)13)4-5-9(11(8)14)20-21(18,19)12(15,16)17;1-3-5-7-9-10-8-6-4-2;;;;;;;;/h21-24H,3-16H2,1-2H3;2-5H,1H3;1-2H;8*1H. The number of halogens is 7. The predicted octanol–water partition coefficient (Wildman–Crippen LogP) is 17.3. The normalized spacial score (nSPS) is 10.1. The second kappa shape index (κ2) is 29.4. The molecular formula is C52H63Cl4F3O3S. The Morgan fingerprint density at radius 1 is 0.556 bits per heavy atom. The summed E-state index contributed by atoms with van der Waals surface area (Å²) in [6.07, 6.45) is 26.9. The van der Waals surface area contributed by atoms with Gasteiger partial charge < -0.3 is 4.18 Å². The molecule has 4 aromatic carbocycles. The number of hydrogen-bond donors (Lipinski definition) is 0. The molecule has 0 amide bonds. The molecule has 0 aliphatic carbocycles. The van der Waals surface area contributed by atoms with E-state index in [9.17, 15) is 21.6 Å². The molecule has 0 atom stereocenters. The summed E-state index contributed by atoms with van der Waals surface area (Å²) in [4.78, 5) is 0. The van der Waals surface area contributed by atoms with Crippen molar-refractivity contribution in [1.29, 1.82) is 0 Å². The quantitative estimate of drug-likeness (QED) is 0.0547. The number of unbranched alkanes of at least 4 members (excludes halogenated alkanes) is 12. The minimum absolute atomic E-state index is 0. The average molecular weight is 967 g/mol. The Morgan fingerprint density at radius 3 is 1.38 bits per heavy atom. The van der Waals surface area contributed by atoms with Crippen LogP contribution in [0.15, 0.2) is 48.5 Å². The Bertz CT molecular complexity index is 2630. The third-order valence-corrected chi connectivity index (χ3v) is 11.7. The lowest BCUT2D eigenvalue weighted by atomic mass is 10.0. The molecule has 0 N–H and O–H groups in total. The molecule has 0 saturated carbocycles. The van der Waals surface area contributed by atoms with Crippen LogP contribution >= 0.6 is 46.4 Å². The zero-order valence-corrected chi connectivity index (χ0v) is 39.3. The first-order valence-electron chi connectivity index (χ1n) is 20.3. The van der Waals surface area contributed by atoms with Gasteiger partial charge in [0.25, 0.3) is 0 Å². The largest absolute Gasteiger partial charge is 0.534 e. The van der Waals surface area contributed by atoms with Crippen LogP contribution < -0.4 is 4.18 Å². The highest BCUT2D eigenvalue weighted by Gasteiger charge is 2.48. The van der Waals surface area contributed by atoms with Crippen LogP contribution in [0.25, 0.3) is 21.5 Å². The molecule has 0 aliphatic heterocycles. The highest BCUT2D eigenvalue weighted by atomic mass is 35.5. The van der Waals surface area contributed by atoms with Gasteiger partial charge >= 0.3 is 15.6 Å². The summed E-state index contributed by atoms with van der Waals surface area (Å²) in [5.41, 5.74) is -3.03. The van der Waals surface area contributed by atoms with Gasteiger partial charge in [0.1, 0.15) is 0 Å². The third-order valence-electron chi connectivity index (χ3n) is 8.99. The van der Waals surface area contributed by atoms with E-state index < -0.39 is 21.4 Å². The Morgan fingerprint density at radius 2 is 0.937 bits per heavy atom. The number of hydrogen-bond acceptors (Lipinski definition) is 3. The summed E-state index contributed by atoms with van der Waals surface area (Å²) >= 11 is 25.3. The molecule has 0 saturated heterocycles. The summed E-state index contributed by atoms with van der Waals surface area (Å²) in [5.74, 6) is 30.9. The maximum Gasteiger partial charge on any atom is 0.534 e. The first kappa shape index (κ1) is 54.2. The monoisotopic (exact) mass is 964 g/mol. The van der Waals surface area contributed by atoms with Gasteiger partial charge in [0, 0.05) is 56.9 Å². The molecule has 0 unspecified atom stereocenters. The Labute approximate surface area is 404 Å². The first-order valence-corrected chi connectivity index (χ1v) is 23.2. The first-order chi connectivity index (χ1) is 30.1. The van der Waals surface area contributed by atoms with Gasteiger partial charge in [-0.2, -0.15) is 21.6 Å². The van der Waals surface area contributed by atoms with Gasteiger partial charge in [-0.25, -0.2) is 0 Å². The number of terminal acetylenes is 2. The molecule has 0 aromatic heterocycles. The summed E-state index contributed by atoms with van der Waals surface area (Å²) in [6, 6.07) is 13.5. The Kier molecular flexibility index (Phi) is 25.3. The number of aryl methyl sites for hydroxylation is 1. The van der Waals surface area contributed by atoms with E-state index in [0.29, 0.717) is 25.8 Å². The molecule has 11 heteroatoms. The molecule has 4 aromatic rings. The van der Waals surface area contributed by atoms with Crippen molar-refractivity contribution in [2.45, 2.75) is 116 Å². The van der Waals surface area contributed by atoms with Crippen molar-refractivity contribution in [3.63, 3.8) is 0 Å². The smallest absolute Gasteiger partial charge is 0.374 e. The van der Waals surface area contributed by atoms with E-state index in [2.05, 4.69) is 89.1 Å². The van der Waals surface area contributed by atoms with Crippen LogP contribution in [-0.2, 0) is 10.1 Å². The fourth-order valence-corrected chi connectivity index (χ4v) is 7.24. The number of benzene rings is 4. The van der Waals surface area contributed by atoms with E-state index in [1.165, 1.54) is 76.3 Å². The van der Waals surface area contributed by atoms with Crippen molar-refractivity contribution in [2.24, 2.45) is 0 Å². The second-order valence-electron chi connectivity index (χ2n) is 13.8. The van der Waals surface area contributed by atoms with Crippen LogP contribution in [0.2, 0.25) is 20.1 Å². The molecule has 0 bridgehead atoms. The lowest BCUT2D eigenvalue weighted by Gasteiger charge is -2.12. The zero-order valence-electron chi connectivity index (χ0n) is 35.5. The van der Waals surface area contributed by atoms with E-state index in [1.807, 2.05) is 24.3 Å². The van der Waals surface area contributed by atoms with Gasteiger partial charge in [-0.05, 0) is 97.0 Å². The van der Waals surface area contributed by atoms with Crippen molar-refractivity contribution in [3.05, 3.63) is 85.3 Å². The van der Waals surface area contributed by atoms with Crippen molar-refractivity contribution in [1.82, 2.24) is 0 Å². The van der Waals surface area contributed by atoms with Crippen LogP contribution in [-0.4, -0.2) is 13.9 Å². The summed E-state index contributed by atoms with van der Waals surface area (Å²) in [6.45, 7) is 6.24. The SMILES string of the molecule is C#CC#CC#CC#CC#C.CCCCCCCCC#Cc1ccc2c(Cl)c(C#CCCCCCCCC)ccc2c1Cl.Cc1ccc2c(Cl)c(OS(=O)(=O)C(F)(F)F)ccc2c1Cl.[HH].[HH].[HH].[HH].[HH].[HH].[HH].[HH]. The van der Waals surface area contributed by atoms with Crippen molar-refractivity contribution < 1.29 is 37.2 Å². The number of fused-ring (bicyclic) bond motifs is 2. The predicted molar refractivity (Wildman–Crippen MR) is 276 cm³/mol. The van der Waals surface area contributed by atoms with Gasteiger partial charge in [-0.1, -0.05) is 172 Å². The number of rotatable bonds is 14. The van der Waals surface area contributed by atoms with E-state index in [4.69, 9.17) is 59.3 Å². The lowest BCUT2D eigenvalue weighted by molar-refractivity contribution is -0.0500. The Hall–Kier alpha value is -4.98. The van der Waals surface area contributed by atoms with Crippen molar-refractivity contribution >= 4 is 78.1 Å². The van der Waals surface area contributed by atoms with Crippen LogP contribution in [0.4, 0.5) is 13.2 Å². The summed E-state index contributed by atoms with van der Waals surface area (Å²) < 4.78 is 63.0. The van der Waals surface area contributed by atoms with Gasteiger partial charge in [-0.15, -0.1) is 12.8 Å². The van der Waals surface area contributed by atoms with Crippen LogP contribution in [0.5, 0.6) is 5.75 Å². The molecule has 63 heavy (non-hydrogen) atoms. The fraction of sp³-hybridized carbons (Fsp3) is 0.346. The van der Waals surface area contributed by atoms with Crippen molar-refractivity contribution in [2.75, 3.05) is 0 Å². The second-order valence-corrected chi connectivity index (χ2v) is 16.8. The number of alkyl halides is 3. The van der Waals surface area contributed by atoms with Crippen LogP contribution in [0, 0.1) is 90.8 Å². The molecule has 0 radical (unpaired) electrons. The van der Waals surface area contributed by atoms with Gasteiger partial charge in [0.05, 0.1) is 20.1 Å². The van der Waals surface area contributed by atoms with E-state index in [-0.39, 0.29) is 16.4 Å². The van der Waals surface area contributed by atoms with E-state index in [0.717, 1.165) is 59.2 Å². The third kappa shape index (κ3) is 18.7.